The molecule has 53 heavy (non-hydrogen) atoms. The number of ether oxygens (including phenoxy) is 4. The summed E-state index contributed by atoms with van der Waals surface area (Å²) in [6.45, 7) is 13.8. The van der Waals surface area contributed by atoms with Gasteiger partial charge in [0.05, 0.1) is 38.9 Å². The van der Waals surface area contributed by atoms with Crippen molar-refractivity contribution in [2.45, 2.75) is 72.1 Å². The van der Waals surface area contributed by atoms with Gasteiger partial charge in [0.2, 0.25) is 0 Å². The third-order valence-electron chi connectivity index (χ3n) is 8.42. The van der Waals surface area contributed by atoms with E-state index < -0.39 is 21.1 Å². The molecule has 0 N–H and O–H groups in total. The highest BCUT2D eigenvalue weighted by atomic mass is 28.3. The highest BCUT2D eigenvalue weighted by molar-refractivity contribution is 6.26. The second kappa shape index (κ2) is 20.8. The standard InChI is InChI=1S/C42H50O10Si/c1-7-8-9-12-31-13-15-32(16-14-31)35-25-33(19-23-48-41(43)29(2)3)40(34(26-35)20-24-49-42(44)30(4)5)52-39-28-50-38-27-36(17-18-37(38)39)47-21-10-11-22-51-53(45)46-6/h13-18,25-28H,2,4,7-12,19-24H2,1,3,5-6H3. The van der Waals surface area contributed by atoms with E-state index in [4.69, 9.17) is 27.8 Å². The smallest absolute Gasteiger partial charge is 0.499 e. The molecule has 0 atom stereocenters. The van der Waals surface area contributed by atoms with Gasteiger partial charge < -0.3 is 32.2 Å². The topological polar surface area (TPSA) is 120 Å². The van der Waals surface area contributed by atoms with Crippen molar-refractivity contribution in [1.82, 2.24) is 0 Å². The van der Waals surface area contributed by atoms with Gasteiger partial charge in [0.1, 0.15) is 23.3 Å². The lowest BCUT2D eigenvalue weighted by molar-refractivity contribution is -0.139. The normalized spacial score (nSPS) is 10.8. The minimum Gasteiger partial charge on any atom is -0.499 e. The van der Waals surface area contributed by atoms with Gasteiger partial charge in [-0.1, -0.05) is 57.2 Å². The van der Waals surface area contributed by atoms with E-state index in [-0.39, 0.29) is 13.2 Å². The van der Waals surface area contributed by atoms with Crippen molar-refractivity contribution >= 4 is 32.1 Å². The fourth-order valence-corrected chi connectivity index (χ4v) is 5.92. The van der Waals surface area contributed by atoms with Crippen LogP contribution in [0.1, 0.15) is 69.6 Å². The second-order valence-electron chi connectivity index (χ2n) is 12.8. The van der Waals surface area contributed by atoms with E-state index in [2.05, 4.69) is 48.8 Å². The quantitative estimate of drug-likeness (QED) is 0.0315. The highest BCUT2D eigenvalue weighted by Gasteiger charge is 2.19. The molecule has 11 heteroatoms. The molecule has 0 bridgehead atoms. The number of carbonyl (C=O) groups is 2. The van der Waals surface area contributed by atoms with Crippen molar-refractivity contribution in [2.24, 2.45) is 0 Å². The minimum absolute atomic E-state index is 0.107. The number of fused-ring (bicyclic) bond motifs is 1. The van der Waals surface area contributed by atoms with Crippen molar-refractivity contribution in [2.75, 3.05) is 33.5 Å². The second-order valence-corrected chi connectivity index (χ2v) is 14.0. The van der Waals surface area contributed by atoms with Crippen LogP contribution in [0.25, 0.3) is 22.1 Å². The fourth-order valence-electron chi connectivity index (χ4n) is 5.49. The van der Waals surface area contributed by atoms with Crippen LogP contribution < -0.4 is 9.47 Å². The van der Waals surface area contributed by atoms with E-state index in [1.807, 2.05) is 24.3 Å². The van der Waals surface area contributed by atoms with Crippen LogP contribution in [-0.4, -0.2) is 54.6 Å². The Morgan fingerprint density at radius 3 is 2.00 bits per heavy atom. The number of furan rings is 1. The van der Waals surface area contributed by atoms with Gasteiger partial charge in [-0.3, -0.25) is 4.46 Å². The fraction of sp³-hybridized carbons (Fsp3) is 0.381. The third kappa shape index (κ3) is 12.5. The van der Waals surface area contributed by atoms with Crippen LogP contribution in [0.4, 0.5) is 0 Å². The summed E-state index contributed by atoms with van der Waals surface area (Å²) < 4.78 is 50.5. The molecule has 282 valence electrons. The zero-order chi connectivity index (χ0) is 38.2. The number of hydrogen-bond acceptors (Lipinski definition) is 10. The summed E-state index contributed by atoms with van der Waals surface area (Å²) in [5.74, 6) is 0.741. The summed E-state index contributed by atoms with van der Waals surface area (Å²) in [5, 5.41) is 0.734. The molecule has 0 aliphatic rings. The van der Waals surface area contributed by atoms with Gasteiger partial charge in [-0.05, 0) is 91.6 Å². The van der Waals surface area contributed by atoms with Gasteiger partial charge in [0, 0.05) is 30.1 Å². The molecule has 3 aromatic carbocycles. The first-order valence-electron chi connectivity index (χ1n) is 18.0. The lowest BCUT2D eigenvalue weighted by Crippen LogP contribution is -2.11. The van der Waals surface area contributed by atoms with E-state index >= 15 is 0 Å². The van der Waals surface area contributed by atoms with Crippen molar-refractivity contribution in [3.63, 3.8) is 0 Å². The molecular weight excluding hydrogens is 693 g/mol. The van der Waals surface area contributed by atoms with Gasteiger partial charge >= 0.3 is 21.1 Å². The van der Waals surface area contributed by atoms with Crippen molar-refractivity contribution in [3.05, 3.63) is 102 Å². The molecule has 10 nitrogen and oxygen atoms in total. The molecule has 1 aromatic heterocycles. The minimum atomic E-state index is -2.42. The number of unbranched alkanes of at least 4 members (excludes halogenated alkanes) is 3. The molecule has 0 radical (unpaired) electrons. The molecule has 4 rings (SSSR count). The first kappa shape index (κ1) is 40.6. The number of rotatable bonds is 23. The van der Waals surface area contributed by atoms with Gasteiger partial charge in [0.15, 0.2) is 5.75 Å². The maximum absolute atomic E-state index is 12.3. The predicted molar refractivity (Wildman–Crippen MR) is 204 cm³/mol. The Morgan fingerprint density at radius 2 is 1.40 bits per heavy atom. The van der Waals surface area contributed by atoms with Gasteiger partial charge in [-0.15, -0.1) is 0 Å². The highest BCUT2D eigenvalue weighted by Crippen LogP contribution is 2.39. The largest absolute Gasteiger partial charge is 0.767 e. The van der Waals surface area contributed by atoms with Crippen LogP contribution in [0.2, 0.25) is 0 Å². The van der Waals surface area contributed by atoms with Crippen LogP contribution in [0, 0.1) is 0 Å². The van der Waals surface area contributed by atoms with Crippen LogP contribution in [0.5, 0.6) is 17.2 Å². The van der Waals surface area contributed by atoms with E-state index in [0.29, 0.717) is 72.9 Å². The Kier molecular flexibility index (Phi) is 15.9. The van der Waals surface area contributed by atoms with Gasteiger partial charge in [0.25, 0.3) is 0 Å². The van der Waals surface area contributed by atoms with Crippen molar-refractivity contribution in [1.29, 1.82) is 0 Å². The van der Waals surface area contributed by atoms with E-state index in [0.717, 1.165) is 40.5 Å². The molecule has 0 saturated carbocycles. The number of esters is 2. The van der Waals surface area contributed by atoms with Crippen LogP contribution in [-0.2, 0) is 51.6 Å². The first-order chi connectivity index (χ1) is 25.6. The molecule has 4 aromatic rings. The zero-order valence-corrected chi connectivity index (χ0v) is 32.3. The predicted octanol–water partition coefficient (Wildman–Crippen LogP) is 9.19. The monoisotopic (exact) mass is 742 g/mol. The SMILES string of the molecule is C=C(C)C(=O)OCCc1cc(-c2ccc(CCCCC)cc2)cc(CCOC(=O)C(=C)C)c1Oc1coc2cc(OCCCCO[Si](=O)OC)ccc12. The van der Waals surface area contributed by atoms with Crippen LogP contribution in [0.3, 0.4) is 0 Å². The molecular formula is C42H50O10Si. The Bertz CT molecular complexity index is 1820. The Balaban J connectivity index is 1.63. The Labute approximate surface area is 313 Å². The Morgan fingerprint density at radius 1 is 0.755 bits per heavy atom. The molecule has 0 spiro atoms. The molecule has 0 saturated heterocycles. The van der Waals surface area contributed by atoms with E-state index in [1.54, 1.807) is 26.2 Å². The summed E-state index contributed by atoms with van der Waals surface area (Å²) in [7, 11) is -1.07. The first-order valence-corrected chi connectivity index (χ1v) is 19.2. The Hall–Kier alpha value is -5.16. The maximum Gasteiger partial charge on any atom is 0.767 e. The molecule has 0 fully saturated rings. The van der Waals surface area contributed by atoms with Gasteiger partial charge in [-0.25, -0.2) is 9.59 Å². The maximum atomic E-state index is 12.3. The van der Waals surface area contributed by atoms with Gasteiger partial charge in [-0.2, -0.15) is 0 Å². The molecule has 0 amide bonds. The van der Waals surface area contributed by atoms with E-state index in [1.165, 1.54) is 25.5 Å². The lowest BCUT2D eigenvalue weighted by atomic mass is 9.95. The number of benzene rings is 3. The van der Waals surface area contributed by atoms with Crippen LogP contribution in [0.15, 0.2) is 89.6 Å². The average Bonchev–Trinajstić information content (AvgIpc) is 3.55. The third-order valence-corrected chi connectivity index (χ3v) is 9.20. The molecule has 1 heterocycles. The number of hydrogen-bond donors (Lipinski definition) is 0. The van der Waals surface area contributed by atoms with Crippen LogP contribution >= 0.6 is 0 Å². The van der Waals surface area contributed by atoms with E-state index in [9.17, 15) is 14.1 Å². The summed E-state index contributed by atoms with van der Waals surface area (Å²) in [4.78, 5) is 24.6. The number of carbonyl (C=O) groups excluding carboxylic acids is 2. The lowest BCUT2D eigenvalue weighted by Gasteiger charge is -2.18. The van der Waals surface area contributed by atoms with Crippen molar-refractivity contribution in [3.8, 4) is 28.4 Å². The summed E-state index contributed by atoms with van der Waals surface area (Å²) in [6.07, 6.45) is 8.19. The summed E-state index contributed by atoms with van der Waals surface area (Å²) in [5.41, 5.74) is 6.08. The molecule has 0 aliphatic heterocycles. The van der Waals surface area contributed by atoms with Crippen molar-refractivity contribution < 1.29 is 46.3 Å². The number of aryl methyl sites for hydroxylation is 1. The molecule has 0 aliphatic carbocycles. The summed E-state index contributed by atoms with van der Waals surface area (Å²) >= 11 is 0. The zero-order valence-electron chi connectivity index (χ0n) is 31.3. The average molecular weight is 743 g/mol. The molecule has 0 unspecified atom stereocenters. The summed E-state index contributed by atoms with van der Waals surface area (Å²) in [6, 6.07) is 18.2.